The van der Waals surface area contributed by atoms with E-state index in [4.69, 9.17) is 4.74 Å². The zero-order valence-electron chi connectivity index (χ0n) is 13.5. The predicted molar refractivity (Wildman–Crippen MR) is 88.3 cm³/mol. The molecule has 1 aromatic rings. The van der Waals surface area contributed by atoms with Crippen LogP contribution in [-0.2, 0) is 32.4 Å². The van der Waals surface area contributed by atoms with E-state index in [1.165, 1.54) is 12.1 Å². The molecule has 1 atom stereocenters. The fraction of sp³-hybridized carbons (Fsp3) is 0.562. The lowest BCUT2D eigenvalue weighted by Crippen LogP contribution is -2.22. The predicted octanol–water partition coefficient (Wildman–Crippen LogP) is 2.37. The van der Waals surface area contributed by atoms with Crippen LogP contribution in [0.5, 0.6) is 0 Å². The number of hydrogen-bond acceptors (Lipinski definition) is 6. The number of thiol groups is 1. The van der Waals surface area contributed by atoms with E-state index >= 15 is 0 Å². The molecule has 1 saturated carbocycles. The van der Waals surface area contributed by atoms with Crippen molar-refractivity contribution in [3.8, 4) is 0 Å². The number of ether oxygens (including phenoxy) is 1. The molecule has 0 spiro atoms. The third-order valence-electron chi connectivity index (χ3n) is 4.18. The maximum Gasteiger partial charge on any atom is 0.309 e. The first kappa shape index (κ1) is 18.4. The van der Waals surface area contributed by atoms with Gasteiger partial charge in [0.1, 0.15) is 16.8 Å². The molecule has 0 aromatic heterocycles. The Balaban J connectivity index is 2.06. The number of carbonyl (C=O) groups is 1. The molecule has 0 saturated heterocycles. The van der Waals surface area contributed by atoms with E-state index in [0.717, 1.165) is 25.7 Å². The molecule has 7 nitrogen and oxygen atoms in total. The molecule has 0 radical (unpaired) electrons. The van der Waals surface area contributed by atoms with Crippen LogP contribution in [0, 0.1) is 16.0 Å². The highest BCUT2D eigenvalue weighted by molar-refractivity contribution is 7.71. The number of hydrogen-bond donors (Lipinski definition) is 1. The Morgan fingerprint density at radius 3 is 2.62 bits per heavy atom. The first-order valence-corrected chi connectivity index (χ1v) is 9.31. The van der Waals surface area contributed by atoms with Gasteiger partial charge in [0.15, 0.2) is 0 Å². The summed E-state index contributed by atoms with van der Waals surface area (Å²) in [6.07, 6.45) is 4.24. The van der Waals surface area contributed by atoms with Crippen LogP contribution >= 0.6 is 0 Å². The summed E-state index contributed by atoms with van der Waals surface area (Å²) in [7, 11) is -2.74. The number of nitro groups is 1. The molecule has 1 aliphatic rings. The van der Waals surface area contributed by atoms with Crippen LogP contribution in [0.15, 0.2) is 18.2 Å². The first-order chi connectivity index (χ1) is 11.4. The fourth-order valence-corrected chi connectivity index (χ4v) is 3.45. The first-order valence-electron chi connectivity index (χ1n) is 7.95. The van der Waals surface area contributed by atoms with Crippen molar-refractivity contribution in [1.82, 2.24) is 0 Å². The largest absolute Gasteiger partial charge is 0.462 e. The van der Waals surface area contributed by atoms with Gasteiger partial charge in [-0.05, 0) is 37.7 Å². The van der Waals surface area contributed by atoms with Crippen molar-refractivity contribution in [2.45, 2.75) is 50.9 Å². The molecule has 1 aliphatic carbocycles. The fourth-order valence-electron chi connectivity index (χ4n) is 2.90. The molecule has 8 heteroatoms. The minimum Gasteiger partial charge on any atom is -0.462 e. The van der Waals surface area contributed by atoms with E-state index in [1.54, 1.807) is 13.0 Å². The van der Waals surface area contributed by atoms with Gasteiger partial charge in [-0.25, -0.2) is 8.42 Å². The molecule has 0 aliphatic heterocycles. The van der Waals surface area contributed by atoms with E-state index in [0.29, 0.717) is 12.0 Å². The Morgan fingerprint density at radius 1 is 1.38 bits per heavy atom. The molecular weight excluding hydrogens is 334 g/mol. The summed E-state index contributed by atoms with van der Waals surface area (Å²) < 4.78 is 27.1. The van der Waals surface area contributed by atoms with Gasteiger partial charge in [0.05, 0.1) is 16.6 Å². The Morgan fingerprint density at radius 2 is 2.04 bits per heavy atom. The van der Waals surface area contributed by atoms with Crippen molar-refractivity contribution < 1.29 is 22.9 Å². The van der Waals surface area contributed by atoms with E-state index < -0.39 is 21.5 Å². The van der Waals surface area contributed by atoms with Gasteiger partial charge in [-0.1, -0.05) is 19.1 Å². The lowest BCUT2D eigenvalue weighted by molar-refractivity contribution is -0.385. The molecule has 1 aromatic carbocycles. The van der Waals surface area contributed by atoms with Crippen LogP contribution in [0.25, 0.3) is 0 Å². The van der Waals surface area contributed by atoms with Gasteiger partial charge in [-0.15, -0.1) is 0 Å². The molecular formula is C16H21NO6S. The topological polar surface area (TPSA) is 104 Å². The Bertz CT molecular complexity index is 686. The molecule has 2 rings (SSSR count). The minimum atomic E-state index is -2.74. The van der Waals surface area contributed by atoms with Gasteiger partial charge < -0.3 is 4.74 Å². The SMILES string of the molecule is CC(Cc1ccc(C[SH](=O)=O)c([N+](=O)[O-])c1)C(=O)OC1CCCC1. The summed E-state index contributed by atoms with van der Waals surface area (Å²) in [5, 5.41) is 11.1. The van der Waals surface area contributed by atoms with Crippen molar-refractivity contribution in [3.05, 3.63) is 39.4 Å². The van der Waals surface area contributed by atoms with Gasteiger partial charge in [-0.3, -0.25) is 14.9 Å². The summed E-state index contributed by atoms with van der Waals surface area (Å²) in [6.45, 7) is 1.73. The molecule has 0 amide bonds. The highest BCUT2D eigenvalue weighted by Gasteiger charge is 2.24. The normalized spacial score (nSPS) is 16.2. The Hall–Kier alpha value is -1.96. The number of carbonyl (C=O) groups excluding carboxylic acids is 1. The third-order valence-corrected chi connectivity index (χ3v) is 4.77. The average molecular weight is 355 g/mol. The van der Waals surface area contributed by atoms with Crippen molar-refractivity contribution in [2.75, 3.05) is 0 Å². The molecule has 1 unspecified atom stereocenters. The average Bonchev–Trinajstić information content (AvgIpc) is 3.00. The number of nitrogens with zero attached hydrogens (tertiary/aromatic N) is 1. The molecule has 132 valence electrons. The summed E-state index contributed by atoms with van der Waals surface area (Å²) in [6, 6.07) is 4.40. The number of esters is 1. The van der Waals surface area contributed by atoms with Crippen LogP contribution < -0.4 is 0 Å². The standard InChI is InChI=1S/C16H21NO6S/c1-11(16(18)23-14-4-2-3-5-14)8-12-6-7-13(10-24(21)22)15(9-12)17(19)20/h6-7,9,11,14,24H,2-5,8,10H2,1H3. The van der Waals surface area contributed by atoms with Crippen LogP contribution in [0.3, 0.4) is 0 Å². The molecule has 0 bridgehead atoms. The number of nitro benzene ring substituents is 1. The number of rotatable bonds is 7. The van der Waals surface area contributed by atoms with Crippen LogP contribution in [0.2, 0.25) is 0 Å². The van der Waals surface area contributed by atoms with Gasteiger partial charge in [-0.2, -0.15) is 0 Å². The van der Waals surface area contributed by atoms with E-state index in [2.05, 4.69) is 0 Å². The second-order valence-corrected chi connectivity index (χ2v) is 7.14. The van der Waals surface area contributed by atoms with Gasteiger partial charge in [0, 0.05) is 11.6 Å². The Labute approximate surface area is 142 Å². The minimum absolute atomic E-state index is 0.00924. The maximum atomic E-state index is 12.1. The summed E-state index contributed by atoms with van der Waals surface area (Å²) in [5.74, 6) is -1.07. The highest BCUT2D eigenvalue weighted by Crippen LogP contribution is 2.25. The lowest BCUT2D eigenvalue weighted by Gasteiger charge is -2.16. The molecule has 1 fully saturated rings. The highest BCUT2D eigenvalue weighted by atomic mass is 32.2. The van der Waals surface area contributed by atoms with Crippen molar-refractivity contribution in [3.63, 3.8) is 0 Å². The molecule has 24 heavy (non-hydrogen) atoms. The zero-order valence-corrected chi connectivity index (χ0v) is 14.4. The van der Waals surface area contributed by atoms with Crippen molar-refractivity contribution >= 4 is 22.4 Å². The van der Waals surface area contributed by atoms with Crippen LogP contribution in [0.1, 0.15) is 43.7 Å². The summed E-state index contributed by atoms with van der Waals surface area (Å²) in [5.41, 5.74) is 0.534. The van der Waals surface area contributed by atoms with Crippen LogP contribution in [0.4, 0.5) is 5.69 Å². The molecule has 0 heterocycles. The van der Waals surface area contributed by atoms with Gasteiger partial charge >= 0.3 is 5.97 Å². The molecule has 0 N–H and O–H groups in total. The van der Waals surface area contributed by atoms with Crippen molar-refractivity contribution in [2.24, 2.45) is 5.92 Å². The van der Waals surface area contributed by atoms with E-state index in [9.17, 15) is 23.3 Å². The van der Waals surface area contributed by atoms with Gasteiger partial charge in [0.2, 0.25) is 0 Å². The quantitative estimate of drug-likeness (QED) is 0.348. The van der Waals surface area contributed by atoms with Crippen LogP contribution in [-0.4, -0.2) is 25.4 Å². The third kappa shape index (κ3) is 5.02. The smallest absolute Gasteiger partial charge is 0.309 e. The van der Waals surface area contributed by atoms with Crippen molar-refractivity contribution in [1.29, 1.82) is 0 Å². The van der Waals surface area contributed by atoms with Gasteiger partial charge in [0.25, 0.3) is 5.69 Å². The zero-order chi connectivity index (χ0) is 17.7. The Kier molecular flexibility index (Phi) is 6.30. The summed E-state index contributed by atoms with van der Waals surface area (Å²) >= 11 is 0. The lowest BCUT2D eigenvalue weighted by atomic mass is 9.99. The maximum absolute atomic E-state index is 12.1. The second-order valence-electron chi connectivity index (χ2n) is 6.16. The number of benzene rings is 1. The second kappa shape index (κ2) is 8.23. The van der Waals surface area contributed by atoms with E-state index in [1.807, 2.05) is 0 Å². The van der Waals surface area contributed by atoms with E-state index in [-0.39, 0.29) is 29.1 Å². The summed E-state index contributed by atoms with van der Waals surface area (Å²) in [4.78, 5) is 22.6. The monoisotopic (exact) mass is 355 g/mol.